The van der Waals surface area contributed by atoms with Crippen molar-refractivity contribution < 1.29 is 13.2 Å². The molecule has 1 N–H and O–H groups in total. The molecule has 1 saturated heterocycles. The Bertz CT molecular complexity index is 722. The number of carbonyl (C=O) groups is 1. The lowest BCUT2D eigenvalue weighted by molar-refractivity contribution is 0.0608. The Morgan fingerprint density at radius 2 is 1.63 bits per heavy atom. The van der Waals surface area contributed by atoms with E-state index in [1.807, 2.05) is 4.90 Å². The molecule has 1 unspecified atom stereocenters. The summed E-state index contributed by atoms with van der Waals surface area (Å²) in [6.45, 7) is 2.91. The molecule has 1 heterocycles. The Morgan fingerprint density at radius 1 is 1.00 bits per heavy atom. The number of sulfonamides is 1. The fourth-order valence-corrected chi connectivity index (χ4v) is 5.62. The zero-order valence-electron chi connectivity index (χ0n) is 16.3. The van der Waals surface area contributed by atoms with Crippen molar-refractivity contribution in [3.05, 3.63) is 29.8 Å². The number of benzene rings is 1. The molecular formula is C21H32N2O3S. The van der Waals surface area contributed by atoms with E-state index in [2.05, 4.69) is 11.6 Å². The second-order valence-electron chi connectivity index (χ2n) is 7.89. The van der Waals surface area contributed by atoms with Crippen LogP contribution in [0.3, 0.4) is 0 Å². The van der Waals surface area contributed by atoms with Crippen molar-refractivity contribution >= 4 is 15.9 Å². The van der Waals surface area contributed by atoms with Gasteiger partial charge in [-0.05, 0) is 62.8 Å². The second kappa shape index (κ2) is 9.20. The molecule has 0 bridgehead atoms. The molecule has 1 aliphatic carbocycles. The number of nitrogens with one attached hydrogen (secondary N) is 1. The van der Waals surface area contributed by atoms with Gasteiger partial charge in [0.15, 0.2) is 0 Å². The summed E-state index contributed by atoms with van der Waals surface area (Å²) in [5.41, 5.74) is 0.573. The minimum absolute atomic E-state index is 0.0159. The maximum atomic E-state index is 12.8. The molecule has 1 aromatic rings. The molecule has 150 valence electrons. The molecule has 1 aliphatic heterocycles. The minimum atomic E-state index is -3.53. The molecule has 6 heteroatoms. The Labute approximate surface area is 163 Å². The zero-order valence-corrected chi connectivity index (χ0v) is 17.1. The SMILES string of the molecule is CCC1CCCCN1C(=O)c1ccc(S(=O)(=O)NC2CCCCCC2)cc1. The maximum absolute atomic E-state index is 12.8. The van der Waals surface area contributed by atoms with E-state index in [-0.39, 0.29) is 16.8 Å². The largest absolute Gasteiger partial charge is 0.336 e. The number of rotatable bonds is 5. The van der Waals surface area contributed by atoms with Crippen molar-refractivity contribution in [2.24, 2.45) is 0 Å². The van der Waals surface area contributed by atoms with Crippen LogP contribution >= 0.6 is 0 Å². The molecule has 2 fully saturated rings. The van der Waals surface area contributed by atoms with Gasteiger partial charge in [0, 0.05) is 24.2 Å². The highest BCUT2D eigenvalue weighted by atomic mass is 32.2. The third-order valence-corrected chi connectivity index (χ3v) is 7.48. The zero-order chi connectivity index (χ0) is 19.3. The summed E-state index contributed by atoms with van der Waals surface area (Å²) < 4.78 is 28.2. The lowest BCUT2D eigenvalue weighted by Gasteiger charge is -2.35. The Morgan fingerprint density at radius 3 is 2.26 bits per heavy atom. The van der Waals surface area contributed by atoms with Gasteiger partial charge in [-0.1, -0.05) is 32.6 Å². The van der Waals surface area contributed by atoms with Crippen molar-refractivity contribution in [3.63, 3.8) is 0 Å². The van der Waals surface area contributed by atoms with E-state index in [1.165, 1.54) is 19.3 Å². The fourth-order valence-electron chi connectivity index (χ4n) is 4.32. The molecule has 5 nitrogen and oxygen atoms in total. The van der Waals surface area contributed by atoms with Crippen molar-refractivity contribution in [1.29, 1.82) is 0 Å². The molecule has 1 saturated carbocycles. The Hall–Kier alpha value is -1.40. The number of piperidine rings is 1. The quantitative estimate of drug-likeness (QED) is 0.768. The average Bonchev–Trinajstić information content (AvgIpc) is 2.95. The van der Waals surface area contributed by atoms with Gasteiger partial charge in [-0.15, -0.1) is 0 Å². The molecule has 1 amide bonds. The van der Waals surface area contributed by atoms with Crippen molar-refractivity contribution in [2.45, 2.75) is 88.1 Å². The first-order chi connectivity index (χ1) is 13.0. The predicted molar refractivity (Wildman–Crippen MR) is 107 cm³/mol. The van der Waals surface area contributed by atoms with Crippen LogP contribution in [0.15, 0.2) is 29.2 Å². The van der Waals surface area contributed by atoms with Crippen molar-refractivity contribution in [2.75, 3.05) is 6.54 Å². The van der Waals surface area contributed by atoms with Crippen molar-refractivity contribution in [3.8, 4) is 0 Å². The van der Waals surface area contributed by atoms with Crippen LogP contribution in [0.1, 0.15) is 81.5 Å². The molecule has 0 spiro atoms. The number of carbonyl (C=O) groups excluding carboxylic acids is 1. The first-order valence-corrected chi connectivity index (χ1v) is 11.9. The van der Waals surface area contributed by atoms with Gasteiger partial charge in [-0.2, -0.15) is 0 Å². The van der Waals surface area contributed by atoms with Gasteiger partial charge in [-0.3, -0.25) is 4.79 Å². The number of hydrogen-bond acceptors (Lipinski definition) is 3. The lowest BCUT2D eigenvalue weighted by Crippen LogP contribution is -2.43. The van der Waals surface area contributed by atoms with E-state index in [9.17, 15) is 13.2 Å². The highest BCUT2D eigenvalue weighted by Crippen LogP contribution is 2.23. The van der Waals surface area contributed by atoms with Crippen molar-refractivity contribution in [1.82, 2.24) is 9.62 Å². The van der Waals surface area contributed by atoms with E-state index in [1.54, 1.807) is 24.3 Å². The molecule has 1 aromatic carbocycles. The highest BCUT2D eigenvalue weighted by Gasteiger charge is 2.27. The third-order valence-electron chi connectivity index (χ3n) is 5.95. The summed E-state index contributed by atoms with van der Waals surface area (Å²) in [6.07, 6.45) is 10.6. The van der Waals surface area contributed by atoms with Gasteiger partial charge in [0.2, 0.25) is 10.0 Å². The van der Waals surface area contributed by atoms with E-state index < -0.39 is 10.0 Å². The van der Waals surface area contributed by atoms with E-state index >= 15 is 0 Å². The van der Waals surface area contributed by atoms with E-state index in [0.29, 0.717) is 11.6 Å². The van der Waals surface area contributed by atoms with Crippen LogP contribution in [0.5, 0.6) is 0 Å². The van der Waals surface area contributed by atoms with E-state index in [4.69, 9.17) is 0 Å². The normalized spacial score (nSPS) is 22.4. The summed E-state index contributed by atoms with van der Waals surface area (Å²) in [5, 5.41) is 0. The van der Waals surface area contributed by atoms with Gasteiger partial charge < -0.3 is 4.90 Å². The van der Waals surface area contributed by atoms with Crippen LogP contribution in [0.4, 0.5) is 0 Å². The topological polar surface area (TPSA) is 66.5 Å². The summed E-state index contributed by atoms with van der Waals surface area (Å²) >= 11 is 0. The molecule has 1 atom stereocenters. The van der Waals surface area contributed by atoms with Gasteiger partial charge in [0.1, 0.15) is 0 Å². The second-order valence-corrected chi connectivity index (χ2v) is 9.60. The van der Waals surface area contributed by atoms with E-state index in [0.717, 1.165) is 51.5 Å². The lowest BCUT2D eigenvalue weighted by atomic mass is 9.99. The van der Waals surface area contributed by atoms with Crippen LogP contribution in [-0.2, 0) is 10.0 Å². The monoisotopic (exact) mass is 392 g/mol. The first-order valence-electron chi connectivity index (χ1n) is 10.4. The molecule has 3 rings (SSSR count). The van der Waals surface area contributed by atoms with Crippen LogP contribution in [0, 0.1) is 0 Å². The predicted octanol–water partition coefficient (Wildman–Crippen LogP) is 4.09. The number of amides is 1. The Balaban J connectivity index is 1.69. The molecular weight excluding hydrogens is 360 g/mol. The first kappa shape index (κ1) is 20.3. The third kappa shape index (κ3) is 5.11. The molecule has 2 aliphatic rings. The average molecular weight is 393 g/mol. The van der Waals surface area contributed by atoms with Gasteiger partial charge in [-0.25, -0.2) is 13.1 Å². The van der Waals surface area contributed by atoms with Crippen LogP contribution < -0.4 is 4.72 Å². The maximum Gasteiger partial charge on any atom is 0.254 e. The summed E-state index contributed by atoms with van der Waals surface area (Å²) in [6, 6.07) is 6.77. The van der Waals surface area contributed by atoms with Gasteiger partial charge in [0.05, 0.1) is 4.90 Å². The summed E-state index contributed by atoms with van der Waals surface area (Å²) in [7, 11) is -3.53. The van der Waals surface area contributed by atoms with Crippen LogP contribution in [0.2, 0.25) is 0 Å². The fraction of sp³-hybridized carbons (Fsp3) is 0.667. The highest BCUT2D eigenvalue weighted by molar-refractivity contribution is 7.89. The number of nitrogens with zero attached hydrogens (tertiary/aromatic N) is 1. The molecule has 27 heavy (non-hydrogen) atoms. The van der Waals surface area contributed by atoms with Crippen LogP contribution in [-0.4, -0.2) is 37.9 Å². The summed E-state index contributed by atoms with van der Waals surface area (Å²) in [5.74, 6) is 0.0159. The molecule has 0 aromatic heterocycles. The van der Waals surface area contributed by atoms with Gasteiger partial charge in [0.25, 0.3) is 5.91 Å². The standard InChI is InChI=1S/C21H32N2O3S/c1-2-19-11-7-8-16-23(19)21(24)17-12-14-20(15-13-17)27(25,26)22-18-9-5-3-4-6-10-18/h12-15,18-19,22H,2-11,16H2,1H3. The summed E-state index contributed by atoms with van der Waals surface area (Å²) in [4.78, 5) is 15.0. The van der Waals surface area contributed by atoms with Gasteiger partial charge >= 0.3 is 0 Å². The number of likely N-dealkylation sites (tertiary alicyclic amines) is 1. The van der Waals surface area contributed by atoms with Crippen LogP contribution in [0.25, 0.3) is 0 Å². The Kier molecular flexibility index (Phi) is 6.93. The smallest absolute Gasteiger partial charge is 0.254 e. The molecule has 0 radical (unpaired) electrons. The number of hydrogen-bond donors (Lipinski definition) is 1. The minimum Gasteiger partial charge on any atom is -0.336 e.